The molecule has 1 aromatic rings. The summed E-state index contributed by atoms with van der Waals surface area (Å²) in [5, 5.41) is 3.12. The maximum Gasteiger partial charge on any atom is 0.396 e. The summed E-state index contributed by atoms with van der Waals surface area (Å²) in [7, 11) is 0. The average Bonchev–Trinajstić information content (AvgIpc) is 2.14. The summed E-state index contributed by atoms with van der Waals surface area (Å²) in [6.07, 6.45) is -3.98. The van der Waals surface area contributed by atoms with E-state index in [9.17, 15) is 13.2 Å². The smallest absolute Gasteiger partial charge is 0.311 e. The number of nitrogens with zero attached hydrogens (tertiary/aromatic N) is 2. The van der Waals surface area contributed by atoms with Gasteiger partial charge in [0.2, 0.25) is 0 Å². The van der Waals surface area contributed by atoms with E-state index in [1.807, 2.05) is 0 Å². The summed E-state index contributed by atoms with van der Waals surface area (Å²) < 4.78 is 36.4. The number of hydrogen-bond acceptors (Lipinski definition) is 3. The van der Waals surface area contributed by atoms with Gasteiger partial charge in [-0.1, -0.05) is 13.8 Å². The third-order valence-electron chi connectivity index (χ3n) is 1.98. The van der Waals surface area contributed by atoms with E-state index in [1.54, 1.807) is 6.07 Å². The number of rotatable bonds is 5. The molecule has 3 nitrogen and oxygen atoms in total. The molecule has 0 atom stereocenters. The van der Waals surface area contributed by atoms with Crippen LogP contribution < -0.4 is 5.32 Å². The standard InChI is InChI=1S/C11H16F3N3/c1-8(2)6-15-7-9-3-4-16-10(17-9)5-11(12,13)14/h3-4,8,15H,5-7H2,1-2H3. The highest BCUT2D eigenvalue weighted by molar-refractivity contribution is 5.03. The highest BCUT2D eigenvalue weighted by Gasteiger charge is 2.29. The second kappa shape index (κ2) is 5.95. The van der Waals surface area contributed by atoms with Crippen molar-refractivity contribution in [2.45, 2.75) is 33.0 Å². The Hall–Kier alpha value is -1.17. The van der Waals surface area contributed by atoms with Gasteiger partial charge in [-0.2, -0.15) is 13.2 Å². The van der Waals surface area contributed by atoms with Crippen molar-refractivity contribution < 1.29 is 13.2 Å². The molecule has 1 N–H and O–H groups in total. The summed E-state index contributed by atoms with van der Waals surface area (Å²) in [5.74, 6) is 0.313. The van der Waals surface area contributed by atoms with Gasteiger partial charge in [-0.05, 0) is 18.5 Å². The summed E-state index contributed by atoms with van der Waals surface area (Å²) in [6.45, 7) is 5.38. The largest absolute Gasteiger partial charge is 0.396 e. The van der Waals surface area contributed by atoms with Crippen molar-refractivity contribution >= 4 is 0 Å². The molecule has 1 heterocycles. The first kappa shape index (κ1) is 13.9. The maximum absolute atomic E-state index is 12.1. The molecule has 0 unspecified atom stereocenters. The predicted molar refractivity (Wildman–Crippen MR) is 58.3 cm³/mol. The van der Waals surface area contributed by atoms with Crippen LogP contribution in [0.2, 0.25) is 0 Å². The quantitative estimate of drug-likeness (QED) is 0.867. The van der Waals surface area contributed by atoms with Crippen LogP contribution in [0.15, 0.2) is 12.3 Å². The molecule has 0 aliphatic heterocycles. The van der Waals surface area contributed by atoms with Gasteiger partial charge in [0.1, 0.15) is 12.2 Å². The van der Waals surface area contributed by atoms with Crippen LogP contribution in [0.1, 0.15) is 25.4 Å². The van der Waals surface area contributed by atoms with Crippen LogP contribution in [0.5, 0.6) is 0 Å². The molecule has 0 amide bonds. The molecule has 0 saturated heterocycles. The molecule has 96 valence electrons. The Bertz CT molecular complexity index is 350. The van der Waals surface area contributed by atoms with Gasteiger partial charge in [0, 0.05) is 12.7 Å². The third-order valence-corrected chi connectivity index (χ3v) is 1.98. The van der Waals surface area contributed by atoms with Gasteiger partial charge in [-0.15, -0.1) is 0 Å². The Morgan fingerprint density at radius 1 is 1.35 bits per heavy atom. The first-order valence-corrected chi connectivity index (χ1v) is 5.45. The fraction of sp³-hybridized carbons (Fsp3) is 0.636. The van der Waals surface area contributed by atoms with Crippen LogP contribution in [0, 0.1) is 5.92 Å². The Balaban J connectivity index is 2.54. The molecular formula is C11H16F3N3. The molecule has 1 aromatic heterocycles. The van der Waals surface area contributed by atoms with Crippen molar-refractivity contribution in [3.05, 3.63) is 23.8 Å². The summed E-state index contributed by atoms with van der Waals surface area (Å²) >= 11 is 0. The Labute approximate surface area is 98.5 Å². The molecule has 6 heteroatoms. The van der Waals surface area contributed by atoms with E-state index in [-0.39, 0.29) is 5.82 Å². The zero-order valence-electron chi connectivity index (χ0n) is 9.88. The van der Waals surface area contributed by atoms with Crippen molar-refractivity contribution in [2.75, 3.05) is 6.54 Å². The van der Waals surface area contributed by atoms with Gasteiger partial charge in [0.15, 0.2) is 0 Å². The van der Waals surface area contributed by atoms with Gasteiger partial charge < -0.3 is 5.32 Å². The zero-order valence-corrected chi connectivity index (χ0v) is 9.88. The van der Waals surface area contributed by atoms with E-state index in [1.165, 1.54) is 6.20 Å². The van der Waals surface area contributed by atoms with Crippen molar-refractivity contribution in [3.8, 4) is 0 Å². The summed E-state index contributed by atoms with van der Waals surface area (Å²) in [4.78, 5) is 7.47. The molecule has 0 spiro atoms. The van der Waals surface area contributed by atoms with Gasteiger partial charge >= 0.3 is 6.18 Å². The molecule has 0 aliphatic rings. The second-order valence-electron chi connectivity index (χ2n) is 4.28. The van der Waals surface area contributed by atoms with E-state index < -0.39 is 12.6 Å². The normalized spacial score (nSPS) is 12.1. The van der Waals surface area contributed by atoms with Crippen molar-refractivity contribution in [1.82, 2.24) is 15.3 Å². The molecule has 0 fully saturated rings. The first-order valence-electron chi connectivity index (χ1n) is 5.45. The fourth-order valence-corrected chi connectivity index (χ4v) is 1.29. The molecule has 0 saturated carbocycles. The molecule has 17 heavy (non-hydrogen) atoms. The SMILES string of the molecule is CC(C)CNCc1ccnc(CC(F)(F)F)n1. The molecule has 0 aliphatic carbocycles. The minimum atomic E-state index is -4.26. The van der Waals surface area contributed by atoms with Gasteiger partial charge in [-0.3, -0.25) is 0 Å². The average molecular weight is 247 g/mol. The topological polar surface area (TPSA) is 37.8 Å². The fourth-order valence-electron chi connectivity index (χ4n) is 1.29. The van der Waals surface area contributed by atoms with Crippen molar-refractivity contribution in [2.24, 2.45) is 5.92 Å². The molecule has 0 bridgehead atoms. The van der Waals surface area contributed by atoms with E-state index in [0.29, 0.717) is 18.2 Å². The summed E-state index contributed by atoms with van der Waals surface area (Å²) in [5.41, 5.74) is 0.583. The lowest BCUT2D eigenvalue weighted by atomic mass is 10.2. The zero-order chi connectivity index (χ0) is 12.9. The van der Waals surface area contributed by atoms with Crippen LogP contribution in [-0.2, 0) is 13.0 Å². The first-order chi connectivity index (χ1) is 7.87. The van der Waals surface area contributed by atoms with Crippen molar-refractivity contribution in [3.63, 3.8) is 0 Å². The Morgan fingerprint density at radius 2 is 2.06 bits per heavy atom. The number of alkyl halides is 3. The van der Waals surface area contributed by atoms with Crippen LogP contribution in [0.3, 0.4) is 0 Å². The third kappa shape index (κ3) is 6.21. The highest BCUT2D eigenvalue weighted by Crippen LogP contribution is 2.18. The highest BCUT2D eigenvalue weighted by atomic mass is 19.4. The molecule has 0 radical (unpaired) electrons. The van der Waals surface area contributed by atoms with Crippen LogP contribution >= 0.6 is 0 Å². The van der Waals surface area contributed by atoms with Crippen LogP contribution in [0.4, 0.5) is 13.2 Å². The minimum absolute atomic E-state index is 0.179. The Morgan fingerprint density at radius 3 is 2.65 bits per heavy atom. The Kier molecular flexibility index (Phi) is 4.86. The van der Waals surface area contributed by atoms with Crippen molar-refractivity contribution in [1.29, 1.82) is 0 Å². The van der Waals surface area contributed by atoms with E-state index in [4.69, 9.17) is 0 Å². The van der Waals surface area contributed by atoms with E-state index >= 15 is 0 Å². The minimum Gasteiger partial charge on any atom is -0.311 e. The summed E-state index contributed by atoms with van der Waals surface area (Å²) in [6, 6.07) is 1.62. The maximum atomic E-state index is 12.1. The lowest BCUT2D eigenvalue weighted by molar-refractivity contribution is -0.128. The molecule has 0 aromatic carbocycles. The van der Waals surface area contributed by atoms with Gasteiger partial charge in [0.05, 0.1) is 5.69 Å². The number of halogens is 3. The van der Waals surface area contributed by atoms with E-state index in [0.717, 1.165) is 6.54 Å². The molecule has 1 rings (SSSR count). The van der Waals surface area contributed by atoms with Gasteiger partial charge in [0.25, 0.3) is 0 Å². The lowest BCUT2D eigenvalue weighted by Crippen LogP contribution is -2.21. The number of hydrogen-bond donors (Lipinski definition) is 1. The van der Waals surface area contributed by atoms with Crippen LogP contribution in [-0.4, -0.2) is 22.7 Å². The monoisotopic (exact) mass is 247 g/mol. The lowest BCUT2D eigenvalue weighted by Gasteiger charge is -2.08. The van der Waals surface area contributed by atoms with Crippen LogP contribution in [0.25, 0.3) is 0 Å². The van der Waals surface area contributed by atoms with Gasteiger partial charge in [-0.25, -0.2) is 9.97 Å². The second-order valence-corrected chi connectivity index (χ2v) is 4.28. The number of nitrogens with one attached hydrogen (secondary N) is 1. The molecular weight excluding hydrogens is 231 g/mol. The van der Waals surface area contributed by atoms with E-state index in [2.05, 4.69) is 29.1 Å². The number of aromatic nitrogens is 2. The predicted octanol–water partition coefficient (Wildman–Crippen LogP) is 2.33.